The predicted molar refractivity (Wildman–Crippen MR) is 111 cm³/mol. The van der Waals surface area contributed by atoms with Crippen LogP contribution in [0.4, 0.5) is 11.6 Å². The second kappa shape index (κ2) is 7.82. The van der Waals surface area contributed by atoms with Gasteiger partial charge in [-0.15, -0.1) is 10.2 Å². The molecule has 0 amide bonds. The lowest BCUT2D eigenvalue weighted by atomic mass is 10.1. The Labute approximate surface area is 163 Å². The molecular weight excluding hydrogens is 352 g/mol. The van der Waals surface area contributed by atoms with Crippen molar-refractivity contribution in [1.82, 2.24) is 20.1 Å². The van der Waals surface area contributed by atoms with E-state index in [9.17, 15) is 4.79 Å². The van der Waals surface area contributed by atoms with Gasteiger partial charge in [-0.3, -0.25) is 14.7 Å². The number of nitrogen functional groups attached to an aromatic ring is 1. The lowest BCUT2D eigenvalue weighted by Gasteiger charge is -2.34. The quantitative estimate of drug-likeness (QED) is 0.677. The molecule has 1 saturated heterocycles. The normalized spacial score (nSPS) is 15.0. The molecule has 144 valence electrons. The number of nitrogens with two attached hydrogens (primary N) is 1. The van der Waals surface area contributed by atoms with Gasteiger partial charge >= 0.3 is 0 Å². The van der Waals surface area contributed by atoms with Crippen molar-refractivity contribution in [3.05, 3.63) is 70.0 Å². The Kier molecular flexibility index (Phi) is 5.08. The highest BCUT2D eigenvalue weighted by Gasteiger charge is 2.20. The number of aromatic nitrogens is 3. The summed E-state index contributed by atoms with van der Waals surface area (Å²) < 4.78 is 0. The maximum Gasteiger partial charge on any atom is 0.279 e. The highest BCUT2D eigenvalue weighted by molar-refractivity contribution is 5.58. The van der Waals surface area contributed by atoms with Crippen LogP contribution in [-0.4, -0.2) is 46.3 Å². The van der Waals surface area contributed by atoms with Crippen LogP contribution in [0.5, 0.6) is 0 Å². The van der Waals surface area contributed by atoms with Crippen molar-refractivity contribution in [3.8, 4) is 11.3 Å². The van der Waals surface area contributed by atoms with E-state index in [1.165, 1.54) is 5.56 Å². The lowest BCUT2D eigenvalue weighted by molar-refractivity contribution is 0.248. The average molecular weight is 376 g/mol. The van der Waals surface area contributed by atoms with Gasteiger partial charge in [0.2, 0.25) is 5.95 Å². The number of anilines is 2. The van der Waals surface area contributed by atoms with Crippen molar-refractivity contribution in [1.29, 1.82) is 0 Å². The van der Waals surface area contributed by atoms with Gasteiger partial charge in [0, 0.05) is 44.0 Å². The third-order valence-corrected chi connectivity index (χ3v) is 5.07. The number of benzene rings is 2. The minimum atomic E-state index is -0.210. The summed E-state index contributed by atoms with van der Waals surface area (Å²) in [7, 11) is 0. The van der Waals surface area contributed by atoms with E-state index in [1.807, 2.05) is 43.3 Å². The Balaban J connectivity index is 1.40. The molecule has 2 heterocycles. The van der Waals surface area contributed by atoms with Crippen molar-refractivity contribution in [2.24, 2.45) is 0 Å². The fourth-order valence-electron chi connectivity index (χ4n) is 3.37. The zero-order valence-electron chi connectivity index (χ0n) is 15.9. The molecule has 1 aliphatic heterocycles. The molecule has 1 aliphatic rings. The fourth-order valence-corrected chi connectivity index (χ4v) is 3.37. The summed E-state index contributed by atoms with van der Waals surface area (Å²) in [5, 5.41) is 8.46. The zero-order chi connectivity index (χ0) is 19.5. The van der Waals surface area contributed by atoms with Crippen LogP contribution in [0, 0.1) is 6.92 Å². The first kappa shape index (κ1) is 18.2. The first-order valence-electron chi connectivity index (χ1n) is 9.44. The summed E-state index contributed by atoms with van der Waals surface area (Å²) in [6.07, 6.45) is 0. The third-order valence-electron chi connectivity index (χ3n) is 5.07. The van der Waals surface area contributed by atoms with Gasteiger partial charge in [0.15, 0.2) is 5.69 Å². The molecule has 0 bridgehead atoms. The largest absolute Gasteiger partial charge is 0.399 e. The SMILES string of the molecule is Cc1ccc(-c2nnc(N3CCN(Cc4ccc(N)cc4)CC3)[nH]c2=O)cc1. The van der Waals surface area contributed by atoms with Crippen LogP contribution in [0.15, 0.2) is 53.3 Å². The summed E-state index contributed by atoms with van der Waals surface area (Å²) in [6.45, 7) is 6.28. The van der Waals surface area contributed by atoms with Crippen molar-refractivity contribution < 1.29 is 0 Å². The van der Waals surface area contributed by atoms with Crippen molar-refractivity contribution >= 4 is 11.6 Å². The third kappa shape index (κ3) is 4.04. The Morgan fingerprint density at radius 3 is 2.29 bits per heavy atom. The van der Waals surface area contributed by atoms with Crippen molar-refractivity contribution in [2.75, 3.05) is 36.8 Å². The van der Waals surface area contributed by atoms with Crippen molar-refractivity contribution in [2.45, 2.75) is 13.5 Å². The molecule has 0 unspecified atom stereocenters. The van der Waals surface area contributed by atoms with Crippen molar-refractivity contribution in [3.63, 3.8) is 0 Å². The first-order chi connectivity index (χ1) is 13.6. The molecule has 4 rings (SSSR count). The van der Waals surface area contributed by atoms with Gasteiger partial charge in [0.1, 0.15) is 0 Å². The molecule has 28 heavy (non-hydrogen) atoms. The summed E-state index contributed by atoms with van der Waals surface area (Å²) >= 11 is 0. The molecule has 3 N–H and O–H groups in total. The lowest BCUT2D eigenvalue weighted by Crippen LogP contribution is -2.47. The average Bonchev–Trinajstić information content (AvgIpc) is 2.71. The van der Waals surface area contributed by atoms with Crippen LogP contribution in [0.25, 0.3) is 11.3 Å². The molecule has 7 nitrogen and oxygen atoms in total. The van der Waals surface area contributed by atoms with E-state index in [-0.39, 0.29) is 5.56 Å². The van der Waals surface area contributed by atoms with E-state index in [0.29, 0.717) is 11.6 Å². The van der Waals surface area contributed by atoms with Crippen LogP contribution in [0.3, 0.4) is 0 Å². The number of hydrogen-bond acceptors (Lipinski definition) is 6. The minimum Gasteiger partial charge on any atom is -0.399 e. The number of aromatic amines is 1. The summed E-state index contributed by atoms with van der Waals surface area (Å²) in [4.78, 5) is 19.8. The van der Waals surface area contributed by atoms with Crippen LogP contribution in [0.1, 0.15) is 11.1 Å². The predicted octanol–water partition coefficient (Wildman–Crippen LogP) is 2.04. The Bertz CT molecular complexity index is 989. The number of piperazine rings is 1. The molecule has 0 spiro atoms. The van der Waals surface area contributed by atoms with Crippen LogP contribution < -0.4 is 16.2 Å². The molecule has 1 aromatic heterocycles. The fraction of sp³-hybridized carbons (Fsp3) is 0.286. The van der Waals surface area contributed by atoms with E-state index in [2.05, 4.69) is 37.1 Å². The van der Waals surface area contributed by atoms with Crippen LogP contribution >= 0.6 is 0 Å². The van der Waals surface area contributed by atoms with E-state index in [1.54, 1.807) is 0 Å². The summed E-state index contributed by atoms with van der Waals surface area (Å²) in [5.74, 6) is 0.535. The Morgan fingerprint density at radius 1 is 0.964 bits per heavy atom. The molecule has 2 aromatic carbocycles. The van der Waals surface area contributed by atoms with E-state index in [4.69, 9.17) is 5.73 Å². The Morgan fingerprint density at radius 2 is 1.64 bits per heavy atom. The maximum atomic E-state index is 12.5. The highest BCUT2D eigenvalue weighted by Crippen LogP contribution is 2.16. The molecular formula is C21H24N6O. The van der Waals surface area contributed by atoms with Gasteiger partial charge in [-0.05, 0) is 24.6 Å². The Hall–Kier alpha value is -3.19. The van der Waals surface area contributed by atoms with Crippen LogP contribution in [0.2, 0.25) is 0 Å². The molecule has 1 fully saturated rings. The second-order valence-electron chi connectivity index (χ2n) is 7.20. The molecule has 0 atom stereocenters. The van der Waals surface area contributed by atoms with E-state index < -0.39 is 0 Å². The number of nitrogens with one attached hydrogen (secondary N) is 1. The molecule has 0 aliphatic carbocycles. The summed E-state index contributed by atoms with van der Waals surface area (Å²) in [5.41, 5.74) is 9.84. The van der Waals surface area contributed by atoms with Gasteiger partial charge in [0.25, 0.3) is 5.56 Å². The van der Waals surface area contributed by atoms with Gasteiger partial charge in [-0.25, -0.2) is 0 Å². The number of aryl methyl sites for hydroxylation is 1. The summed E-state index contributed by atoms with van der Waals surface area (Å²) in [6, 6.07) is 15.7. The highest BCUT2D eigenvalue weighted by atomic mass is 16.1. The van der Waals surface area contributed by atoms with E-state index in [0.717, 1.165) is 49.5 Å². The molecule has 3 aromatic rings. The number of nitrogens with zero attached hydrogens (tertiary/aromatic N) is 4. The smallest absolute Gasteiger partial charge is 0.279 e. The first-order valence-corrected chi connectivity index (χ1v) is 9.44. The van der Waals surface area contributed by atoms with Crippen LogP contribution in [-0.2, 0) is 6.54 Å². The van der Waals surface area contributed by atoms with Gasteiger partial charge in [-0.2, -0.15) is 0 Å². The molecule has 0 radical (unpaired) electrons. The molecule has 7 heteroatoms. The van der Waals surface area contributed by atoms with Gasteiger partial charge in [0.05, 0.1) is 0 Å². The van der Waals surface area contributed by atoms with Gasteiger partial charge < -0.3 is 10.6 Å². The topological polar surface area (TPSA) is 91.1 Å². The molecule has 0 saturated carbocycles. The monoisotopic (exact) mass is 376 g/mol. The standard InChI is InChI=1S/C21H24N6O/c1-15-2-6-17(7-3-15)19-20(28)23-21(25-24-19)27-12-10-26(11-13-27)14-16-4-8-18(22)9-5-16/h2-9H,10-14,22H2,1H3,(H,23,25,28). The number of H-pyrrole nitrogens is 1. The number of rotatable bonds is 4. The zero-order valence-corrected chi connectivity index (χ0v) is 15.9. The van der Waals surface area contributed by atoms with Gasteiger partial charge in [-0.1, -0.05) is 42.0 Å². The number of hydrogen-bond donors (Lipinski definition) is 2. The second-order valence-corrected chi connectivity index (χ2v) is 7.20. The van der Waals surface area contributed by atoms with E-state index >= 15 is 0 Å². The maximum absolute atomic E-state index is 12.5. The minimum absolute atomic E-state index is 0.210.